The monoisotopic (exact) mass is 236 g/mol. The number of amides is 2. The maximum atomic E-state index is 11.3. The molecule has 0 aromatic heterocycles. The molecule has 0 aliphatic rings. The van der Waals surface area contributed by atoms with Gasteiger partial charge in [0.1, 0.15) is 0 Å². The molecule has 1 aromatic rings. The summed E-state index contributed by atoms with van der Waals surface area (Å²) in [7, 11) is 0. The van der Waals surface area contributed by atoms with E-state index in [1.165, 1.54) is 12.1 Å². The number of carboxylic acid groups (broad SMARTS) is 1. The van der Waals surface area contributed by atoms with E-state index in [2.05, 4.69) is 10.6 Å². The van der Waals surface area contributed by atoms with Crippen molar-refractivity contribution in [2.24, 2.45) is 0 Å². The molecule has 1 rings (SSSR count). The fraction of sp³-hybridized carbons (Fsp3) is 0.333. The fourth-order valence-corrected chi connectivity index (χ4v) is 1.31. The zero-order chi connectivity index (χ0) is 12.8. The van der Waals surface area contributed by atoms with Gasteiger partial charge in [-0.05, 0) is 31.5 Å². The summed E-state index contributed by atoms with van der Waals surface area (Å²) in [5, 5.41) is 14.1. The summed E-state index contributed by atoms with van der Waals surface area (Å²) in [6, 6.07) is 6.28. The van der Waals surface area contributed by atoms with Gasteiger partial charge in [0, 0.05) is 12.6 Å². The van der Waals surface area contributed by atoms with Crippen LogP contribution in [0.3, 0.4) is 0 Å². The van der Waals surface area contributed by atoms with Crippen LogP contribution in [0.5, 0.6) is 0 Å². The molecule has 0 aliphatic carbocycles. The summed E-state index contributed by atoms with van der Waals surface area (Å²) < 4.78 is 0. The van der Waals surface area contributed by atoms with Gasteiger partial charge in [0.2, 0.25) is 0 Å². The molecule has 0 saturated heterocycles. The largest absolute Gasteiger partial charge is 0.478 e. The van der Waals surface area contributed by atoms with E-state index in [0.717, 1.165) is 5.56 Å². The van der Waals surface area contributed by atoms with Crippen molar-refractivity contribution in [3.05, 3.63) is 35.4 Å². The van der Waals surface area contributed by atoms with E-state index >= 15 is 0 Å². The van der Waals surface area contributed by atoms with E-state index in [-0.39, 0.29) is 17.6 Å². The molecule has 0 aliphatic heterocycles. The first-order valence-corrected chi connectivity index (χ1v) is 5.35. The molecular formula is C12H16N2O3. The van der Waals surface area contributed by atoms with Gasteiger partial charge in [-0.25, -0.2) is 9.59 Å². The van der Waals surface area contributed by atoms with E-state index in [0.29, 0.717) is 6.54 Å². The first-order chi connectivity index (χ1) is 7.99. The highest BCUT2D eigenvalue weighted by molar-refractivity contribution is 5.87. The molecule has 92 valence electrons. The smallest absolute Gasteiger partial charge is 0.335 e. The normalized spacial score (nSPS) is 10.1. The van der Waals surface area contributed by atoms with Crippen LogP contribution < -0.4 is 10.6 Å². The number of carbonyl (C=O) groups is 2. The Bertz CT molecular complexity index is 416. The van der Waals surface area contributed by atoms with Gasteiger partial charge in [-0.1, -0.05) is 12.1 Å². The molecular weight excluding hydrogens is 220 g/mol. The lowest BCUT2D eigenvalue weighted by Crippen LogP contribution is -2.39. The summed E-state index contributed by atoms with van der Waals surface area (Å²) in [6.45, 7) is 4.04. The van der Waals surface area contributed by atoms with Crippen molar-refractivity contribution in [3.8, 4) is 0 Å². The number of nitrogens with one attached hydrogen (secondary N) is 2. The Morgan fingerprint density at radius 2 is 2.06 bits per heavy atom. The van der Waals surface area contributed by atoms with Crippen molar-refractivity contribution >= 4 is 12.0 Å². The van der Waals surface area contributed by atoms with Crippen LogP contribution in [0.25, 0.3) is 0 Å². The zero-order valence-electron chi connectivity index (χ0n) is 9.86. The number of carboxylic acids is 1. The lowest BCUT2D eigenvalue weighted by atomic mass is 10.1. The Labute approximate surface area is 99.8 Å². The van der Waals surface area contributed by atoms with Crippen LogP contribution in [0, 0.1) is 0 Å². The highest BCUT2D eigenvalue weighted by atomic mass is 16.4. The van der Waals surface area contributed by atoms with E-state index in [1.807, 2.05) is 13.8 Å². The molecule has 0 radical (unpaired) electrons. The molecule has 1 aromatic carbocycles. The molecule has 0 spiro atoms. The van der Waals surface area contributed by atoms with Crippen molar-refractivity contribution < 1.29 is 14.7 Å². The second kappa shape index (κ2) is 5.89. The van der Waals surface area contributed by atoms with Crippen molar-refractivity contribution in [2.75, 3.05) is 0 Å². The fourth-order valence-electron chi connectivity index (χ4n) is 1.31. The second-order valence-corrected chi connectivity index (χ2v) is 3.99. The minimum absolute atomic E-state index is 0.0698. The van der Waals surface area contributed by atoms with Crippen LogP contribution in [0.2, 0.25) is 0 Å². The lowest BCUT2D eigenvalue weighted by Gasteiger charge is -2.10. The Balaban J connectivity index is 2.54. The molecule has 0 saturated carbocycles. The molecule has 0 heterocycles. The summed E-state index contributed by atoms with van der Waals surface area (Å²) in [4.78, 5) is 22.0. The lowest BCUT2D eigenvalue weighted by molar-refractivity contribution is 0.0696. The standard InChI is InChI=1S/C12H16N2O3/c1-8(2)14-12(17)13-7-9-4-3-5-10(6-9)11(15)16/h3-6,8H,7H2,1-2H3,(H,15,16)(H2,13,14,17). The third kappa shape index (κ3) is 4.55. The van der Waals surface area contributed by atoms with E-state index in [4.69, 9.17) is 5.11 Å². The molecule has 5 nitrogen and oxygen atoms in total. The van der Waals surface area contributed by atoms with Gasteiger partial charge in [0.15, 0.2) is 0 Å². The molecule has 5 heteroatoms. The molecule has 0 unspecified atom stereocenters. The van der Waals surface area contributed by atoms with Gasteiger partial charge in [-0.2, -0.15) is 0 Å². The Hall–Kier alpha value is -2.04. The number of carbonyl (C=O) groups excluding carboxylic acids is 1. The predicted octanol–water partition coefficient (Wildman–Crippen LogP) is 1.59. The van der Waals surface area contributed by atoms with Crippen molar-refractivity contribution in [1.29, 1.82) is 0 Å². The minimum atomic E-state index is -0.974. The van der Waals surface area contributed by atoms with Crippen LogP contribution in [0.1, 0.15) is 29.8 Å². The molecule has 3 N–H and O–H groups in total. The van der Waals surface area contributed by atoms with Crippen LogP contribution in [0.4, 0.5) is 4.79 Å². The molecule has 2 amide bonds. The van der Waals surface area contributed by atoms with Crippen molar-refractivity contribution in [2.45, 2.75) is 26.4 Å². The summed E-state index contributed by atoms with van der Waals surface area (Å²) in [6.07, 6.45) is 0. The first-order valence-electron chi connectivity index (χ1n) is 5.35. The van der Waals surface area contributed by atoms with E-state index in [9.17, 15) is 9.59 Å². The Morgan fingerprint density at radius 3 is 2.65 bits per heavy atom. The second-order valence-electron chi connectivity index (χ2n) is 3.99. The molecule has 0 fully saturated rings. The molecule has 0 bridgehead atoms. The van der Waals surface area contributed by atoms with E-state index < -0.39 is 5.97 Å². The molecule has 17 heavy (non-hydrogen) atoms. The number of hydrogen-bond donors (Lipinski definition) is 3. The van der Waals surface area contributed by atoms with Gasteiger partial charge in [0.25, 0.3) is 0 Å². The summed E-state index contributed by atoms with van der Waals surface area (Å²) in [5.41, 5.74) is 0.970. The van der Waals surface area contributed by atoms with Crippen molar-refractivity contribution in [1.82, 2.24) is 10.6 Å². The topological polar surface area (TPSA) is 78.4 Å². The van der Waals surface area contributed by atoms with Gasteiger partial charge in [-0.15, -0.1) is 0 Å². The third-order valence-electron chi connectivity index (χ3n) is 2.05. The maximum Gasteiger partial charge on any atom is 0.335 e. The van der Waals surface area contributed by atoms with Gasteiger partial charge >= 0.3 is 12.0 Å². The SMILES string of the molecule is CC(C)NC(=O)NCc1cccc(C(=O)O)c1. The van der Waals surface area contributed by atoms with Crippen LogP contribution in [-0.2, 0) is 6.54 Å². The van der Waals surface area contributed by atoms with Crippen LogP contribution in [-0.4, -0.2) is 23.1 Å². The number of hydrogen-bond acceptors (Lipinski definition) is 2. The highest BCUT2D eigenvalue weighted by Crippen LogP contribution is 2.04. The van der Waals surface area contributed by atoms with Gasteiger partial charge in [-0.3, -0.25) is 0 Å². The van der Waals surface area contributed by atoms with Gasteiger partial charge < -0.3 is 15.7 Å². The average molecular weight is 236 g/mol. The number of urea groups is 1. The quantitative estimate of drug-likeness (QED) is 0.742. The average Bonchev–Trinajstić information content (AvgIpc) is 2.26. The summed E-state index contributed by atoms with van der Waals surface area (Å²) in [5.74, 6) is -0.974. The van der Waals surface area contributed by atoms with Crippen LogP contribution >= 0.6 is 0 Å². The van der Waals surface area contributed by atoms with Gasteiger partial charge in [0.05, 0.1) is 5.56 Å². The zero-order valence-corrected chi connectivity index (χ0v) is 9.86. The number of benzene rings is 1. The third-order valence-corrected chi connectivity index (χ3v) is 2.05. The maximum absolute atomic E-state index is 11.3. The van der Waals surface area contributed by atoms with E-state index in [1.54, 1.807) is 12.1 Å². The minimum Gasteiger partial charge on any atom is -0.478 e. The predicted molar refractivity (Wildman–Crippen MR) is 63.9 cm³/mol. The number of rotatable bonds is 4. The summed E-state index contributed by atoms with van der Waals surface area (Å²) >= 11 is 0. The van der Waals surface area contributed by atoms with Crippen LogP contribution in [0.15, 0.2) is 24.3 Å². The number of aromatic carboxylic acids is 1. The highest BCUT2D eigenvalue weighted by Gasteiger charge is 2.05. The van der Waals surface area contributed by atoms with Crippen molar-refractivity contribution in [3.63, 3.8) is 0 Å². The Morgan fingerprint density at radius 1 is 1.35 bits per heavy atom. The molecule has 0 atom stereocenters. The first kappa shape index (κ1) is 13.0. The Kier molecular flexibility index (Phi) is 4.51.